The van der Waals surface area contributed by atoms with Crippen molar-refractivity contribution in [2.45, 2.75) is 20.3 Å². The lowest BCUT2D eigenvalue weighted by Gasteiger charge is -2.12. The van der Waals surface area contributed by atoms with Gasteiger partial charge in [0.05, 0.1) is 0 Å². The Morgan fingerprint density at radius 3 is 2.25 bits per heavy atom. The molecule has 0 fully saturated rings. The number of aromatic nitrogens is 1. The molecular weight excluding hydrogens is 244 g/mol. The van der Waals surface area contributed by atoms with Crippen molar-refractivity contribution in [1.82, 2.24) is 4.98 Å². The van der Waals surface area contributed by atoms with Gasteiger partial charge >= 0.3 is 0 Å². The molecular formula is C18H20N2. The molecule has 0 saturated carbocycles. The summed E-state index contributed by atoms with van der Waals surface area (Å²) in [6, 6.07) is 12.7. The molecule has 0 aliphatic heterocycles. The molecule has 0 atom stereocenters. The van der Waals surface area contributed by atoms with Crippen molar-refractivity contribution in [1.29, 1.82) is 0 Å². The number of allylic oxidation sites excluding steroid dienone is 2. The maximum Gasteiger partial charge on any atom is 0.0290 e. The van der Waals surface area contributed by atoms with Gasteiger partial charge in [0.2, 0.25) is 0 Å². The lowest BCUT2D eigenvalue weighted by Crippen LogP contribution is -1.94. The van der Waals surface area contributed by atoms with E-state index in [2.05, 4.69) is 60.2 Å². The van der Waals surface area contributed by atoms with Crippen molar-refractivity contribution in [3.63, 3.8) is 0 Å². The molecule has 0 bridgehead atoms. The van der Waals surface area contributed by atoms with Gasteiger partial charge in [0.25, 0.3) is 0 Å². The third-order valence-electron chi connectivity index (χ3n) is 3.33. The Kier molecular flexibility index (Phi) is 4.83. The van der Waals surface area contributed by atoms with Crippen LogP contribution in [-0.4, -0.2) is 18.2 Å². The molecule has 0 amide bonds. The number of aliphatic imine (C=N–C) groups is 1. The van der Waals surface area contributed by atoms with Gasteiger partial charge in [-0.25, -0.2) is 0 Å². The second-order valence-corrected chi connectivity index (χ2v) is 4.73. The second kappa shape index (κ2) is 6.80. The zero-order chi connectivity index (χ0) is 14.4. The van der Waals surface area contributed by atoms with E-state index in [9.17, 15) is 0 Å². The van der Waals surface area contributed by atoms with Crippen LogP contribution in [0, 0.1) is 6.92 Å². The highest BCUT2D eigenvalue weighted by atomic mass is 14.6. The number of hydrogen-bond donors (Lipinski definition) is 0. The molecule has 0 aliphatic rings. The monoisotopic (exact) mass is 264 g/mol. The predicted molar refractivity (Wildman–Crippen MR) is 86.9 cm³/mol. The normalized spacial score (nSPS) is 12.6. The van der Waals surface area contributed by atoms with Crippen LogP contribution in [0.25, 0.3) is 11.1 Å². The largest absolute Gasteiger partial charge is 0.296 e. The van der Waals surface area contributed by atoms with Crippen LogP contribution >= 0.6 is 0 Å². The summed E-state index contributed by atoms with van der Waals surface area (Å²) in [7, 11) is 1.81. The van der Waals surface area contributed by atoms with Gasteiger partial charge in [-0.2, -0.15) is 0 Å². The number of aryl methyl sites for hydroxylation is 1. The lowest BCUT2D eigenvalue weighted by atomic mass is 9.93. The zero-order valence-electron chi connectivity index (χ0n) is 12.3. The number of pyridine rings is 1. The Balaban J connectivity index is 2.59. The van der Waals surface area contributed by atoms with Crippen LogP contribution in [0.2, 0.25) is 0 Å². The molecule has 2 nitrogen and oxygen atoms in total. The Labute approximate surface area is 120 Å². The van der Waals surface area contributed by atoms with Crippen molar-refractivity contribution in [2.24, 2.45) is 4.99 Å². The fraction of sp³-hybridized carbons (Fsp3) is 0.222. The van der Waals surface area contributed by atoms with Gasteiger partial charge in [0.15, 0.2) is 0 Å². The molecule has 0 aliphatic carbocycles. The van der Waals surface area contributed by atoms with Gasteiger partial charge in [-0.15, -0.1) is 0 Å². The maximum absolute atomic E-state index is 4.23. The first kappa shape index (κ1) is 14.2. The Morgan fingerprint density at radius 2 is 1.70 bits per heavy atom. The highest BCUT2D eigenvalue weighted by Gasteiger charge is 2.08. The highest BCUT2D eigenvalue weighted by molar-refractivity contribution is 6.19. The quantitative estimate of drug-likeness (QED) is 0.751. The Bertz CT molecular complexity index is 608. The molecule has 1 aromatic heterocycles. The molecule has 20 heavy (non-hydrogen) atoms. The first-order valence-corrected chi connectivity index (χ1v) is 6.89. The predicted octanol–water partition coefficient (Wildman–Crippen LogP) is 4.41. The van der Waals surface area contributed by atoms with E-state index in [-0.39, 0.29) is 0 Å². The lowest BCUT2D eigenvalue weighted by molar-refractivity contribution is 1.23. The summed E-state index contributed by atoms with van der Waals surface area (Å²) in [5.41, 5.74) is 6.15. The van der Waals surface area contributed by atoms with Crippen molar-refractivity contribution in [3.05, 3.63) is 65.5 Å². The Hall–Kier alpha value is -2.22. The molecule has 2 rings (SSSR count). The maximum atomic E-state index is 4.23. The molecule has 0 N–H and O–H groups in total. The average molecular weight is 264 g/mol. The van der Waals surface area contributed by atoms with E-state index in [1.54, 1.807) is 0 Å². The standard InChI is InChI=1S/C18H20N2/c1-4-17(16-9-11-20-12-10-16)18(13-19-3)15-7-5-14(2)6-8-15/h5-13H,4H2,1-3H3/b18-17-,19-13?. The van der Waals surface area contributed by atoms with Crippen LogP contribution in [-0.2, 0) is 0 Å². The first-order valence-electron chi connectivity index (χ1n) is 6.89. The van der Waals surface area contributed by atoms with E-state index in [4.69, 9.17) is 0 Å². The van der Waals surface area contributed by atoms with Crippen LogP contribution in [0.3, 0.4) is 0 Å². The van der Waals surface area contributed by atoms with E-state index in [0.717, 1.165) is 6.42 Å². The molecule has 0 unspecified atom stereocenters. The smallest absolute Gasteiger partial charge is 0.0290 e. The van der Waals surface area contributed by atoms with Gasteiger partial charge in [0, 0.05) is 31.2 Å². The van der Waals surface area contributed by atoms with Gasteiger partial charge in [0.1, 0.15) is 0 Å². The van der Waals surface area contributed by atoms with Gasteiger partial charge < -0.3 is 0 Å². The summed E-state index contributed by atoms with van der Waals surface area (Å²) >= 11 is 0. The summed E-state index contributed by atoms with van der Waals surface area (Å²) in [5.74, 6) is 0. The first-order chi connectivity index (χ1) is 9.76. The topological polar surface area (TPSA) is 25.2 Å². The minimum atomic E-state index is 0.958. The fourth-order valence-electron chi connectivity index (χ4n) is 2.29. The molecule has 0 saturated heterocycles. The minimum absolute atomic E-state index is 0.958. The number of benzene rings is 1. The third kappa shape index (κ3) is 3.21. The summed E-state index contributed by atoms with van der Waals surface area (Å²) in [5, 5.41) is 0. The molecule has 1 heterocycles. The number of rotatable bonds is 4. The summed E-state index contributed by atoms with van der Waals surface area (Å²) in [6.07, 6.45) is 6.57. The van der Waals surface area contributed by atoms with Gasteiger partial charge in [-0.1, -0.05) is 36.8 Å². The number of nitrogens with zero attached hydrogens (tertiary/aromatic N) is 2. The summed E-state index contributed by atoms with van der Waals surface area (Å²) in [4.78, 5) is 8.33. The molecule has 2 aromatic rings. The molecule has 2 heteroatoms. The summed E-state index contributed by atoms with van der Waals surface area (Å²) < 4.78 is 0. The van der Waals surface area contributed by atoms with Crippen molar-refractivity contribution in [3.8, 4) is 0 Å². The van der Waals surface area contributed by atoms with Gasteiger partial charge in [-0.05, 0) is 42.2 Å². The van der Waals surface area contributed by atoms with E-state index >= 15 is 0 Å². The SMILES string of the molecule is CC/C(=C(\C=NC)c1ccc(C)cc1)c1ccncc1. The fourth-order valence-corrected chi connectivity index (χ4v) is 2.29. The molecule has 1 aromatic carbocycles. The van der Waals surface area contributed by atoms with E-state index in [1.165, 1.54) is 27.8 Å². The number of hydrogen-bond acceptors (Lipinski definition) is 2. The minimum Gasteiger partial charge on any atom is -0.296 e. The van der Waals surface area contributed by atoms with Crippen molar-refractivity contribution < 1.29 is 0 Å². The van der Waals surface area contributed by atoms with E-state index < -0.39 is 0 Å². The summed E-state index contributed by atoms with van der Waals surface area (Å²) in [6.45, 7) is 4.28. The van der Waals surface area contributed by atoms with Gasteiger partial charge in [-0.3, -0.25) is 9.98 Å². The van der Waals surface area contributed by atoms with Crippen molar-refractivity contribution >= 4 is 17.4 Å². The van der Waals surface area contributed by atoms with Crippen LogP contribution < -0.4 is 0 Å². The molecule has 102 valence electrons. The van der Waals surface area contributed by atoms with Crippen molar-refractivity contribution in [2.75, 3.05) is 7.05 Å². The Morgan fingerprint density at radius 1 is 1.05 bits per heavy atom. The van der Waals surface area contributed by atoms with Crippen LogP contribution in [0.1, 0.15) is 30.0 Å². The van der Waals surface area contributed by atoms with Crippen LogP contribution in [0.4, 0.5) is 0 Å². The molecule has 0 radical (unpaired) electrons. The van der Waals surface area contributed by atoms with E-state index in [1.807, 2.05) is 25.7 Å². The highest BCUT2D eigenvalue weighted by Crippen LogP contribution is 2.27. The van der Waals surface area contributed by atoms with Crippen LogP contribution in [0.15, 0.2) is 53.8 Å². The molecule has 0 spiro atoms. The second-order valence-electron chi connectivity index (χ2n) is 4.73. The van der Waals surface area contributed by atoms with Crippen LogP contribution in [0.5, 0.6) is 0 Å². The average Bonchev–Trinajstić information content (AvgIpc) is 2.49. The zero-order valence-corrected chi connectivity index (χ0v) is 12.3. The van der Waals surface area contributed by atoms with E-state index in [0.29, 0.717) is 0 Å². The third-order valence-corrected chi connectivity index (χ3v) is 3.33.